The van der Waals surface area contributed by atoms with E-state index in [1.54, 1.807) is 36.7 Å². The monoisotopic (exact) mass is 388 g/mol. The number of carbonyl (C=O) groups is 2. The molecule has 29 heavy (non-hydrogen) atoms. The molecule has 146 valence electrons. The van der Waals surface area contributed by atoms with Crippen molar-refractivity contribution in [3.05, 3.63) is 71.3 Å². The van der Waals surface area contributed by atoms with Crippen molar-refractivity contribution in [2.75, 3.05) is 32.8 Å². The number of aromatic nitrogens is 3. The highest BCUT2D eigenvalue weighted by Crippen LogP contribution is 2.31. The molecule has 3 aromatic rings. The van der Waals surface area contributed by atoms with Crippen molar-refractivity contribution in [2.45, 2.75) is 6.54 Å². The molecule has 0 spiro atoms. The van der Waals surface area contributed by atoms with Gasteiger partial charge in [-0.25, -0.2) is 4.98 Å². The Hall–Kier alpha value is -3.16. The van der Waals surface area contributed by atoms with E-state index >= 15 is 0 Å². The minimum Gasteiger partial charge on any atom is -0.379 e. The Bertz CT molecular complexity index is 1080. The van der Waals surface area contributed by atoms with Crippen molar-refractivity contribution in [2.24, 2.45) is 0 Å². The van der Waals surface area contributed by atoms with Gasteiger partial charge < -0.3 is 9.30 Å². The maximum absolute atomic E-state index is 13.3. The summed E-state index contributed by atoms with van der Waals surface area (Å²) >= 11 is 0. The molecule has 0 unspecified atom stereocenters. The maximum atomic E-state index is 13.3. The quantitative estimate of drug-likeness (QED) is 0.533. The highest BCUT2D eigenvalue weighted by atomic mass is 16.5. The van der Waals surface area contributed by atoms with E-state index in [9.17, 15) is 9.59 Å². The van der Waals surface area contributed by atoms with Crippen LogP contribution in [0.4, 0.5) is 0 Å². The molecule has 0 amide bonds. The van der Waals surface area contributed by atoms with Gasteiger partial charge in [0.25, 0.3) is 0 Å². The summed E-state index contributed by atoms with van der Waals surface area (Å²) in [7, 11) is 0. The van der Waals surface area contributed by atoms with E-state index < -0.39 is 0 Å². The van der Waals surface area contributed by atoms with Gasteiger partial charge in [0.15, 0.2) is 0 Å². The maximum Gasteiger partial charge on any atom is 0.214 e. The Balaban J connectivity index is 1.61. The van der Waals surface area contributed by atoms with Crippen LogP contribution in [0.1, 0.15) is 32.1 Å². The summed E-state index contributed by atoms with van der Waals surface area (Å²) in [6.45, 7) is 4.45. The first-order valence-corrected chi connectivity index (χ1v) is 9.73. The zero-order valence-corrected chi connectivity index (χ0v) is 15.9. The molecule has 1 aromatic carbocycles. The van der Waals surface area contributed by atoms with Crippen LogP contribution >= 0.6 is 0 Å². The highest BCUT2D eigenvalue weighted by Gasteiger charge is 2.36. The van der Waals surface area contributed by atoms with Gasteiger partial charge in [-0.3, -0.25) is 19.5 Å². The predicted molar refractivity (Wildman–Crippen MR) is 106 cm³/mol. The fraction of sp³-hybridized carbons (Fsp3) is 0.273. The third-order valence-corrected chi connectivity index (χ3v) is 5.48. The first-order chi connectivity index (χ1) is 14.2. The van der Waals surface area contributed by atoms with Gasteiger partial charge in [0, 0.05) is 55.3 Å². The SMILES string of the molecule is O=C1c2ccccc2C(=O)c2c1nc(-c1cccnc1)n2CCN1CCOCC1. The van der Waals surface area contributed by atoms with Crippen LogP contribution in [-0.4, -0.2) is 63.8 Å². The van der Waals surface area contributed by atoms with Crippen molar-refractivity contribution in [1.29, 1.82) is 0 Å². The summed E-state index contributed by atoms with van der Waals surface area (Å²) in [5, 5.41) is 0. The number of pyridine rings is 1. The molecule has 7 nitrogen and oxygen atoms in total. The van der Waals surface area contributed by atoms with Crippen molar-refractivity contribution in [3.63, 3.8) is 0 Å². The molecule has 0 atom stereocenters. The minimum absolute atomic E-state index is 0.153. The molecule has 7 heteroatoms. The molecule has 3 heterocycles. The van der Waals surface area contributed by atoms with Crippen LogP contribution in [0.15, 0.2) is 48.8 Å². The van der Waals surface area contributed by atoms with Gasteiger partial charge in [-0.2, -0.15) is 0 Å². The number of morpholine rings is 1. The second kappa shape index (κ2) is 7.35. The average molecular weight is 388 g/mol. The summed E-state index contributed by atoms with van der Waals surface area (Å²) in [6, 6.07) is 10.7. The molecule has 0 N–H and O–H groups in total. The molecule has 1 aliphatic heterocycles. The van der Waals surface area contributed by atoms with Crippen molar-refractivity contribution in [3.8, 4) is 11.4 Å². The number of ketones is 2. The number of benzene rings is 1. The van der Waals surface area contributed by atoms with E-state index in [0.717, 1.165) is 25.2 Å². The molecule has 1 saturated heterocycles. The van der Waals surface area contributed by atoms with Crippen LogP contribution in [0.25, 0.3) is 11.4 Å². The summed E-state index contributed by atoms with van der Waals surface area (Å²) < 4.78 is 7.31. The fourth-order valence-electron chi connectivity index (χ4n) is 3.97. The van der Waals surface area contributed by atoms with Crippen molar-refractivity contribution >= 4 is 11.6 Å². The van der Waals surface area contributed by atoms with Gasteiger partial charge in [-0.15, -0.1) is 0 Å². The summed E-state index contributed by atoms with van der Waals surface area (Å²) in [5.41, 5.74) is 2.25. The van der Waals surface area contributed by atoms with Gasteiger partial charge in [0.2, 0.25) is 11.6 Å². The van der Waals surface area contributed by atoms with Gasteiger partial charge in [0.1, 0.15) is 17.2 Å². The van der Waals surface area contributed by atoms with Crippen molar-refractivity contribution < 1.29 is 14.3 Å². The Labute approximate surface area is 168 Å². The smallest absolute Gasteiger partial charge is 0.214 e. The number of rotatable bonds is 4. The minimum atomic E-state index is -0.203. The highest BCUT2D eigenvalue weighted by molar-refractivity contribution is 6.27. The Morgan fingerprint density at radius 2 is 1.69 bits per heavy atom. The number of nitrogens with zero attached hydrogens (tertiary/aromatic N) is 4. The van der Waals surface area contributed by atoms with E-state index in [4.69, 9.17) is 4.74 Å². The summed E-state index contributed by atoms with van der Waals surface area (Å²) in [6.07, 6.45) is 3.40. The predicted octanol–water partition coefficient (Wildman–Crippen LogP) is 2.05. The summed E-state index contributed by atoms with van der Waals surface area (Å²) in [4.78, 5) is 37.5. The van der Waals surface area contributed by atoms with Gasteiger partial charge >= 0.3 is 0 Å². The van der Waals surface area contributed by atoms with Crippen LogP contribution in [-0.2, 0) is 11.3 Å². The standard InChI is InChI=1S/C22H20N4O3/c27-20-16-5-1-2-6-17(16)21(28)19-18(20)24-22(15-4-3-7-23-14-15)26(19)9-8-25-10-12-29-13-11-25/h1-7,14H,8-13H2. The van der Waals surface area contributed by atoms with Crippen LogP contribution in [0.2, 0.25) is 0 Å². The van der Waals surface area contributed by atoms with E-state index in [1.807, 2.05) is 16.7 Å². The fourth-order valence-corrected chi connectivity index (χ4v) is 3.97. The lowest BCUT2D eigenvalue weighted by molar-refractivity contribution is 0.0363. The molecule has 0 radical (unpaired) electrons. The van der Waals surface area contributed by atoms with Crippen LogP contribution < -0.4 is 0 Å². The molecule has 0 bridgehead atoms. The Kier molecular flexibility index (Phi) is 4.54. The van der Waals surface area contributed by atoms with Crippen LogP contribution in [0.3, 0.4) is 0 Å². The van der Waals surface area contributed by atoms with Gasteiger partial charge in [-0.1, -0.05) is 24.3 Å². The zero-order valence-electron chi connectivity index (χ0n) is 15.9. The van der Waals surface area contributed by atoms with E-state index in [1.165, 1.54) is 0 Å². The third-order valence-electron chi connectivity index (χ3n) is 5.48. The molecule has 2 aliphatic rings. The lowest BCUT2D eigenvalue weighted by Crippen LogP contribution is -2.38. The second-order valence-electron chi connectivity index (χ2n) is 7.18. The molecule has 0 saturated carbocycles. The van der Waals surface area contributed by atoms with E-state index in [2.05, 4.69) is 14.9 Å². The number of imidazole rings is 1. The second-order valence-corrected chi connectivity index (χ2v) is 7.18. The van der Waals surface area contributed by atoms with Crippen LogP contribution in [0.5, 0.6) is 0 Å². The van der Waals surface area contributed by atoms with Crippen molar-refractivity contribution in [1.82, 2.24) is 19.4 Å². The number of hydrogen-bond donors (Lipinski definition) is 0. The Morgan fingerprint density at radius 1 is 0.931 bits per heavy atom. The van der Waals surface area contributed by atoms with Crippen LogP contribution in [0, 0.1) is 0 Å². The summed E-state index contributed by atoms with van der Waals surface area (Å²) in [5.74, 6) is 0.246. The normalized spacial score (nSPS) is 16.6. The molecule has 5 rings (SSSR count). The van der Waals surface area contributed by atoms with Gasteiger partial charge in [-0.05, 0) is 12.1 Å². The molecular weight excluding hydrogens is 368 g/mol. The number of fused-ring (bicyclic) bond motifs is 2. The van der Waals surface area contributed by atoms with E-state index in [-0.39, 0.29) is 17.3 Å². The molecular formula is C22H20N4O3. The lowest BCUT2D eigenvalue weighted by Gasteiger charge is -2.27. The van der Waals surface area contributed by atoms with Gasteiger partial charge in [0.05, 0.1) is 13.2 Å². The number of carbonyl (C=O) groups excluding carboxylic acids is 2. The largest absolute Gasteiger partial charge is 0.379 e. The average Bonchev–Trinajstić information content (AvgIpc) is 3.17. The van der Waals surface area contributed by atoms with E-state index in [0.29, 0.717) is 42.4 Å². The topological polar surface area (TPSA) is 77.3 Å². The zero-order chi connectivity index (χ0) is 19.8. The molecule has 2 aromatic heterocycles. The Morgan fingerprint density at radius 3 is 2.41 bits per heavy atom. The number of hydrogen-bond acceptors (Lipinski definition) is 6. The molecule has 1 fully saturated rings. The molecule has 1 aliphatic carbocycles. The lowest BCUT2D eigenvalue weighted by atomic mass is 9.90. The third kappa shape index (κ3) is 3.08. The number of ether oxygens (including phenoxy) is 1. The first-order valence-electron chi connectivity index (χ1n) is 9.73. The first kappa shape index (κ1) is 17.9.